The van der Waals surface area contributed by atoms with Gasteiger partial charge in [0.2, 0.25) is 17.7 Å². The quantitative estimate of drug-likeness (QED) is 0.160. The highest BCUT2D eigenvalue weighted by Gasteiger charge is 2.77. The molecular weight excluding hydrogens is 594 g/mol. The number of allylic oxidation sites excluding steroid dienone is 1. The lowest BCUT2D eigenvalue weighted by Gasteiger charge is -2.40. The van der Waals surface area contributed by atoms with Crippen LogP contribution in [-0.2, 0) is 28.7 Å². The van der Waals surface area contributed by atoms with Crippen LogP contribution in [0.2, 0.25) is 0 Å². The molecule has 0 saturated carbocycles. The van der Waals surface area contributed by atoms with Gasteiger partial charge in [-0.05, 0) is 46.0 Å². The first-order valence-electron chi connectivity index (χ1n) is 14.6. The predicted molar refractivity (Wildman–Crippen MR) is 158 cm³/mol. The summed E-state index contributed by atoms with van der Waals surface area (Å²) >= 11 is 3.66. The Labute approximate surface area is 252 Å². The van der Waals surface area contributed by atoms with Crippen LogP contribution in [-0.4, -0.2) is 99.1 Å². The second-order valence-electron chi connectivity index (χ2n) is 12.1. The topological polar surface area (TPSA) is 125 Å². The fraction of sp³-hybridized carbons (Fsp3) is 0.733. The minimum absolute atomic E-state index is 0.126. The fourth-order valence-corrected chi connectivity index (χ4v) is 7.52. The van der Waals surface area contributed by atoms with Crippen molar-refractivity contribution < 1.29 is 33.8 Å². The van der Waals surface area contributed by atoms with Gasteiger partial charge in [0.1, 0.15) is 17.7 Å². The summed E-state index contributed by atoms with van der Waals surface area (Å²) in [5.41, 5.74) is -1.25. The van der Waals surface area contributed by atoms with Crippen LogP contribution in [0.4, 0.5) is 0 Å². The first-order chi connectivity index (χ1) is 19.3. The molecule has 3 amide bonds. The van der Waals surface area contributed by atoms with Crippen molar-refractivity contribution in [1.29, 1.82) is 0 Å². The molecule has 0 aromatic heterocycles. The predicted octanol–water partition coefficient (Wildman–Crippen LogP) is 2.58. The van der Waals surface area contributed by atoms with E-state index >= 15 is 0 Å². The molecule has 2 N–H and O–H groups in total. The highest BCUT2D eigenvalue weighted by Crippen LogP contribution is 2.61. The number of carbonyl (C=O) groups excluding carboxylic acids is 4. The van der Waals surface area contributed by atoms with E-state index in [1.54, 1.807) is 24.0 Å². The number of rotatable bonds is 15. The van der Waals surface area contributed by atoms with Crippen LogP contribution in [0.15, 0.2) is 25.3 Å². The molecule has 8 atom stereocenters. The first-order valence-corrected chi connectivity index (χ1v) is 15.5. The number of alkyl halides is 1. The third-order valence-corrected chi connectivity index (χ3v) is 9.14. The third kappa shape index (κ3) is 6.57. The molecule has 1 unspecified atom stereocenters. The molecular formula is C30H46BrN3O7. The van der Waals surface area contributed by atoms with Crippen LogP contribution >= 0.6 is 15.9 Å². The Morgan fingerprint density at radius 2 is 1.93 bits per heavy atom. The van der Waals surface area contributed by atoms with Crippen molar-refractivity contribution in [3.05, 3.63) is 25.3 Å². The average Bonchev–Trinajstić information content (AvgIpc) is 3.50. The molecule has 0 aromatic carbocycles. The smallest absolute Gasteiger partial charge is 0.312 e. The number of fused-ring (bicyclic) bond motifs is 1. The second-order valence-corrected chi connectivity index (χ2v) is 13.3. The standard InChI is InChI=1S/C30H46BrN3O7/c1-8-10-11-22(36)32-15-19(7)40-29(39)23-24-27(37)34(20(16-35)13-17(3)4)26(28(38)33(12-9-2)18(5)6)30(24)14-21(31)25(23)41-30/h8-9,17-21,23-26,35H,1-2,10-16H2,3-7H3,(H,32,36)/t19-,20-,21?,23-,24+,25-,26-,30+/m1/s1. The van der Waals surface area contributed by atoms with Gasteiger partial charge in [-0.3, -0.25) is 19.2 Å². The van der Waals surface area contributed by atoms with E-state index in [9.17, 15) is 24.3 Å². The summed E-state index contributed by atoms with van der Waals surface area (Å²) in [6.45, 7) is 16.9. The molecule has 3 rings (SSSR count). The van der Waals surface area contributed by atoms with Gasteiger partial charge in [-0.15, -0.1) is 13.2 Å². The average molecular weight is 641 g/mol. The number of hydrogen-bond donors (Lipinski definition) is 2. The van der Waals surface area contributed by atoms with E-state index in [1.807, 2.05) is 27.7 Å². The van der Waals surface area contributed by atoms with Crippen molar-refractivity contribution in [2.45, 2.75) is 101 Å². The molecule has 0 aromatic rings. The lowest BCUT2D eigenvalue weighted by Crippen LogP contribution is -2.60. The Bertz CT molecular complexity index is 1020. The highest BCUT2D eigenvalue weighted by molar-refractivity contribution is 9.09. The van der Waals surface area contributed by atoms with Crippen LogP contribution < -0.4 is 5.32 Å². The van der Waals surface area contributed by atoms with Crippen molar-refractivity contribution >= 4 is 39.6 Å². The number of carbonyl (C=O) groups is 4. The van der Waals surface area contributed by atoms with Crippen molar-refractivity contribution in [3.63, 3.8) is 0 Å². The summed E-state index contributed by atoms with van der Waals surface area (Å²) < 4.78 is 12.3. The van der Waals surface area contributed by atoms with E-state index in [2.05, 4.69) is 34.4 Å². The van der Waals surface area contributed by atoms with Gasteiger partial charge < -0.3 is 29.7 Å². The molecule has 0 radical (unpaired) electrons. The molecule has 3 aliphatic rings. The van der Waals surface area contributed by atoms with Crippen molar-refractivity contribution in [1.82, 2.24) is 15.1 Å². The van der Waals surface area contributed by atoms with Crippen molar-refractivity contribution in [2.24, 2.45) is 17.8 Å². The Hall–Kier alpha value is -2.24. The lowest BCUT2D eigenvalue weighted by atomic mass is 9.70. The summed E-state index contributed by atoms with van der Waals surface area (Å²) in [7, 11) is 0. The Morgan fingerprint density at radius 3 is 2.49 bits per heavy atom. The zero-order valence-corrected chi connectivity index (χ0v) is 26.5. The highest BCUT2D eigenvalue weighted by atomic mass is 79.9. The number of halogens is 1. The second kappa shape index (κ2) is 13.8. The van der Waals surface area contributed by atoms with Gasteiger partial charge >= 0.3 is 5.97 Å². The van der Waals surface area contributed by atoms with E-state index in [-0.39, 0.29) is 54.2 Å². The van der Waals surface area contributed by atoms with Gasteiger partial charge in [-0.1, -0.05) is 41.9 Å². The zero-order chi connectivity index (χ0) is 30.6. The van der Waals surface area contributed by atoms with Gasteiger partial charge in [-0.2, -0.15) is 0 Å². The molecule has 1 spiro atoms. The van der Waals surface area contributed by atoms with Crippen LogP contribution in [0.5, 0.6) is 0 Å². The molecule has 2 bridgehead atoms. The van der Waals surface area contributed by atoms with E-state index in [1.165, 1.54) is 4.90 Å². The normalized spacial score (nSPS) is 29.8. The third-order valence-electron chi connectivity index (χ3n) is 8.29. The molecule has 3 aliphatic heterocycles. The first kappa shape index (κ1) is 33.3. The van der Waals surface area contributed by atoms with E-state index in [0.29, 0.717) is 25.7 Å². The number of aliphatic hydroxyl groups is 1. The zero-order valence-electron chi connectivity index (χ0n) is 24.9. The monoisotopic (exact) mass is 639 g/mol. The Balaban J connectivity index is 1.96. The van der Waals surface area contributed by atoms with Gasteiger partial charge in [-0.25, -0.2) is 0 Å². The fourth-order valence-electron chi connectivity index (χ4n) is 6.58. The Morgan fingerprint density at radius 1 is 1.24 bits per heavy atom. The van der Waals surface area contributed by atoms with Crippen molar-refractivity contribution in [2.75, 3.05) is 19.7 Å². The molecule has 3 saturated heterocycles. The minimum atomic E-state index is -1.25. The molecule has 0 aliphatic carbocycles. The molecule has 41 heavy (non-hydrogen) atoms. The van der Waals surface area contributed by atoms with Gasteiger partial charge in [0.15, 0.2) is 0 Å². The van der Waals surface area contributed by atoms with E-state index in [0.717, 1.165) is 0 Å². The summed E-state index contributed by atoms with van der Waals surface area (Å²) in [5.74, 6) is -3.17. The van der Waals surface area contributed by atoms with Crippen molar-refractivity contribution in [3.8, 4) is 0 Å². The van der Waals surface area contributed by atoms with E-state index in [4.69, 9.17) is 9.47 Å². The maximum Gasteiger partial charge on any atom is 0.312 e. The summed E-state index contributed by atoms with van der Waals surface area (Å²) in [6, 6.07) is -1.80. The number of nitrogens with zero attached hydrogens (tertiary/aromatic N) is 2. The molecule has 10 nitrogen and oxygen atoms in total. The van der Waals surface area contributed by atoms with Gasteiger partial charge in [0.05, 0.1) is 37.1 Å². The number of likely N-dealkylation sites (tertiary alicyclic amines) is 1. The molecule has 230 valence electrons. The maximum absolute atomic E-state index is 14.3. The van der Waals surface area contributed by atoms with Gasteiger partial charge in [0, 0.05) is 23.8 Å². The number of hydrogen-bond acceptors (Lipinski definition) is 7. The number of esters is 1. The number of aliphatic hydroxyl groups excluding tert-OH is 1. The minimum Gasteiger partial charge on any atom is -0.460 e. The SMILES string of the molecule is C=CCCC(=O)NC[C@@H](C)OC(=O)[C@H]1[C@@H]2O[C@@]3(CC2Br)[C@@H]1C(=O)N([C@@H](CO)CC(C)C)[C@@H]3C(=O)N(CC=C)C(C)C. The molecule has 11 heteroatoms. The van der Waals surface area contributed by atoms with Crippen LogP contribution in [0, 0.1) is 17.8 Å². The largest absolute Gasteiger partial charge is 0.460 e. The Kier molecular flexibility index (Phi) is 11.2. The number of amides is 3. The summed E-state index contributed by atoms with van der Waals surface area (Å²) in [6.07, 6.45) is 3.68. The number of nitrogens with one attached hydrogen (secondary N) is 1. The van der Waals surface area contributed by atoms with Gasteiger partial charge in [0.25, 0.3) is 0 Å². The summed E-state index contributed by atoms with van der Waals surface area (Å²) in [5, 5.41) is 13.2. The van der Waals surface area contributed by atoms with Crippen LogP contribution in [0.1, 0.15) is 60.3 Å². The van der Waals surface area contributed by atoms with Crippen LogP contribution in [0.25, 0.3) is 0 Å². The van der Waals surface area contributed by atoms with Crippen LogP contribution in [0.3, 0.4) is 0 Å². The lowest BCUT2D eigenvalue weighted by molar-refractivity contribution is -0.160. The molecule has 3 fully saturated rings. The maximum atomic E-state index is 14.3. The number of ether oxygens (including phenoxy) is 2. The van der Waals surface area contributed by atoms with E-state index < -0.39 is 47.7 Å². The molecule has 3 heterocycles. The summed E-state index contributed by atoms with van der Waals surface area (Å²) in [4.78, 5) is 57.1.